The first kappa shape index (κ1) is 11.3. The maximum Gasteiger partial charge on any atom is 0.245 e. The van der Waals surface area contributed by atoms with Crippen LogP contribution in [0.1, 0.15) is 23.0 Å². The van der Waals surface area contributed by atoms with Gasteiger partial charge in [-0.2, -0.15) is 16.7 Å². The summed E-state index contributed by atoms with van der Waals surface area (Å²) < 4.78 is 5.00. The molecule has 0 bridgehead atoms. The topological polar surface area (TPSA) is 85.2 Å². The molecular formula is C8H13N3O2S2. The molecule has 0 spiro atoms. The Morgan fingerprint density at radius 2 is 2.47 bits per heavy atom. The van der Waals surface area contributed by atoms with Gasteiger partial charge in [0.05, 0.1) is 11.9 Å². The quantitative estimate of drug-likeness (QED) is 0.808. The second-order valence-corrected chi connectivity index (χ2v) is 5.67. The fourth-order valence-electron chi connectivity index (χ4n) is 1.24. The van der Waals surface area contributed by atoms with E-state index in [-0.39, 0.29) is 6.61 Å². The normalized spacial score (nSPS) is 24.0. The Morgan fingerprint density at radius 3 is 3.13 bits per heavy atom. The molecule has 0 aromatic carbocycles. The lowest BCUT2D eigenvalue weighted by Crippen LogP contribution is -2.15. The van der Waals surface area contributed by atoms with E-state index in [1.54, 1.807) is 0 Å². The summed E-state index contributed by atoms with van der Waals surface area (Å²) in [5.74, 6) is 4.33. The number of aliphatic hydroxyl groups excluding tert-OH is 1. The van der Waals surface area contributed by atoms with Gasteiger partial charge in [0.2, 0.25) is 5.89 Å². The van der Waals surface area contributed by atoms with E-state index >= 15 is 0 Å². The molecule has 3 N–H and O–H groups in total. The molecule has 1 aromatic rings. The minimum Gasteiger partial charge on any atom is -0.394 e. The van der Waals surface area contributed by atoms with Gasteiger partial charge in [-0.25, -0.2) is 0 Å². The Hall–Kier alpha value is -0.240. The number of aromatic nitrogens is 2. The smallest absolute Gasteiger partial charge is 0.245 e. The molecule has 0 radical (unpaired) electrons. The van der Waals surface area contributed by atoms with Crippen LogP contribution in [0, 0.1) is 0 Å². The van der Waals surface area contributed by atoms with Crippen molar-refractivity contribution in [3.8, 4) is 0 Å². The maximum atomic E-state index is 8.85. The van der Waals surface area contributed by atoms with Crippen LogP contribution in [0.25, 0.3) is 0 Å². The lowest BCUT2D eigenvalue weighted by atomic mass is 10.3. The van der Waals surface area contributed by atoms with Crippen molar-refractivity contribution in [1.82, 2.24) is 10.1 Å². The van der Waals surface area contributed by atoms with Crippen molar-refractivity contribution < 1.29 is 9.63 Å². The van der Waals surface area contributed by atoms with Gasteiger partial charge in [-0.3, -0.25) is 0 Å². The van der Waals surface area contributed by atoms with Gasteiger partial charge in [0.1, 0.15) is 6.04 Å². The van der Waals surface area contributed by atoms with Gasteiger partial charge in [-0.15, -0.1) is 11.8 Å². The third kappa shape index (κ3) is 2.66. The van der Waals surface area contributed by atoms with Crippen LogP contribution in [-0.2, 0) is 0 Å². The first-order valence-corrected chi connectivity index (χ1v) is 6.91. The zero-order valence-corrected chi connectivity index (χ0v) is 9.76. The maximum absolute atomic E-state index is 8.85. The number of thioether (sulfide) groups is 2. The van der Waals surface area contributed by atoms with Crippen LogP contribution in [0.5, 0.6) is 0 Å². The fourth-order valence-corrected chi connectivity index (χ4v) is 3.83. The SMILES string of the molecule is NC(CO)c1nc(C2CSCCS2)no1. The number of hydrogen-bond donors (Lipinski definition) is 2. The van der Waals surface area contributed by atoms with Crippen LogP contribution in [-0.4, -0.2) is 39.1 Å². The summed E-state index contributed by atoms with van der Waals surface area (Å²) in [7, 11) is 0. The van der Waals surface area contributed by atoms with Gasteiger partial charge in [0, 0.05) is 17.3 Å². The van der Waals surface area contributed by atoms with E-state index in [0.717, 1.165) is 11.5 Å². The van der Waals surface area contributed by atoms with Crippen LogP contribution < -0.4 is 5.73 Å². The van der Waals surface area contributed by atoms with Crippen molar-refractivity contribution in [3.05, 3.63) is 11.7 Å². The summed E-state index contributed by atoms with van der Waals surface area (Å²) in [4.78, 5) is 4.21. The third-order valence-corrected chi connectivity index (χ3v) is 4.83. The summed E-state index contributed by atoms with van der Waals surface area (Å²) in [6.45, 7) is -0.172. The summed E-state index contributed by atoms with van der Waals surface area (Å²) in [5, 5.41) is 13.0. The average molecular weight is 247 g/mol. The van der Waals surface area contributed by atoms with Crippen molar-refractivity contribution in [3.63, 3.8) is 0 Å². The average Bonchev–Trinajstić information content (AvgIpc) is 2.78. The highest BCUT2D eigenvalue weighted by Gasteiger charge is 2.23. The first-order valence-electron chi connectivity index (χ1n) is 4.70. The van der Waals surface area contributed by atoms with E-state index in [9.17, 15) is 0 Å². The Labute approximate surface area is 96.2 Å². The van der Waals surface area contributed by atoms with Crippen LogP contribution in [0.15, 0.2) is 4.52 Å². The van der Waals surface area contributed by atoms with Crippen LogP contribution >= 0.6 is 23.5 Å². The Balaban J connectivity index is 2.05. The number of nitrogens with two attached hydrogens (primary N) is 1. The second-order valence-electron chi connectivity index (χ2n) is 3.21. The standard InChI is InChI=1S/C8H13N3O2S2/c9-5(3-12)8-10-7(11-13-8)6-4-14-1-2-15-6/h5-6,12H,1-4,9H2. The molecule has 1 aliphatic heterocycles. The van der Waals surface area contributed by atoms with Crippen molar-refractivity contribution >= 4 is 23.5 Å². The molecule has 1 aliphatic rings. The lowest BCUT2D eigenvalue weighted by molar-refractivity contribution is 0.236. The molecule has 2 unspecified atom stereocenters. The van der Waals surface area contributed by atoms with Gasteiger partial charge in [0.25, 0.3) is 0 Å². The summed E-state index contributed by atoms with van der Waals surface area (Å²) in [6.07, 6.45) is 0. The van der Waals surface area contributed by atoms with Gasteiger partial charge in [-0.05, 0) is 0 Å². The molecule has 2 rings (SSSR count). The van der Waals surface area contributed by atoms with Gasteiger partial charge >= 0.3 is 0 Å². The van der Waals surface area contributed by atoms with Crippen molar-refractivity contribution in [2.75, 3.05) is 23.9 Å². The fraction of sp³-hybridized carbons (Fsp3) is 0.750. The molecule has 15 heavy (non-hydrogen) atoms. The number of aliphatic hydroxyl groups is 1. The highest BCUT2D eigenvalue weighted by Crippen LogP contribution is 2.35. The van der Waals surface area contributed by atoms with Crippen LogP contribution in [0.4, 0.5) is 0 Å². The zero-order chi connectivity index (χ0) is 10.7. The molecule has 1 aromatic heterocycles. The molecule has 84 valence electrons. The van der Waals surface area contributed by atoms with E-state index < -0.39 is 6.04 Å². The van der Waals surface area contributed by atoms with Crippen LogP contribution in [0.3, 0.4) is 0 Å². The molecule has 2 heterocycles. The Kier molecular flexibility index (Phi) is 3.90. The zero-order valence-electron chi connectivity index (χ0n) is 8.13. The van der Waals surface area contributed by atoms with Gasteiger partial charge in [0.15, 0.2) is 5.82 Å². The third-order valence-electron chi connectivity index (χ3n) is 2.08. The van der Waals surface area contributed by atoms with Crippen molar-refractivity contribution in [1.29, 1.82) is 0 Å². The van der Waals surface area contributed by atoms with Crippen LogP contribution in [0.2, 0.25) is 0 Å². The van der Waals surface area contributed by atoms with E-state index in [1.807, 2.05) is 23.5 Å². The molecule has 5 nitrogen and oxygen atoms in total. The highest BCUT2D eigenvalue weighted by atomic mass is 32.2. The first-order chi connectivity index (χ1) is 7.31. The number of hydrogen-bond acceptors (Lipinski definition) is 7. The van der Waals surface area contributed by atoms with Crippen molar-refractivity contribution in [2.45, 2.75) is 11.3 Å². The summed E-state index contributed by atoms with van der Waals surface area (Å²) >= 11 is 3.74. The summed E-state index contributed by atoms with van der Waals surface area (Å²) in [5.41, 5.74) is 5.58. The van der Waals surface area contributed by atoms with Gasteiger partial charge < -0.3 is 15.4 Å². The second kappa shape index (κ2) is 5.20. The molecule has 0 amide bonds. The van der Waals surface area contributed by atoms with E-state index in [4.69, 9.17) is 15.4 Å². The Bertz CT molecular complexity index is 315. The molecule has 0 aliphatic carbocycles. The number of nitrogens with zero attached hydrogens (tertiary/aromatic N) is 2. The molecule has 7 heteroatoms. The molecular weight excluding hydrogens is 234 g/mol. The van der Waals surface area contributed by atoms with Gasteiger partial charge in [-0.1, -0.05) is 5.16 Å². The summed E-state index contributed by atoms with van der Waals surface area (Å²) in [6, 6.07) is -0.563. The predicted octanol–water partition coefficient (Wildman–Crippen LogP) is 0.583. The monoisotopic (exact) mass is 247 g/mol. The number of rotatable bonds is 3. The minimum absolute atomic E-state index is 0.172. The molecule has 0 saturated carbocycles. The molecule has 2 atom stereocenters. The highest BCUT2D eigenvalue weighted by molar-refractivity contribution is 8.06. The van der Waals surface area contributed by atoms with E-state index in [1.165, 1.54) is 5.75 Å². The molecule has 1 fully saturated rings. The Morgan fingerprint density at radius 1 is 1.60 bits per heavy atom. The minimum atomic E-state index is -0.563. The largest absolute Gasteiger partial charge is 0.394 e. The van der Waals surface area contributed by atoms with E-state index in [0.29, 0.717) is 17.0 Å². The predicted molar refractivity (Wildman–Crippen MR) is 60.8 cm³/mol. The van der Waals surface area contributed by atoms with Crippen molar-refractivity contribution in [2.24, 2.45) is 5.73 Å². The van der Waals surface area contributed by atoms with E-state index in [2.05, 4.69) is 10.1 Å². The molecule has 1 saturated heterocycles. The lowest BCUT2D eigenvalue weighted by Gasteiger charge is -2.17.